The van der Waals surface area contributed by atoms with Gasteiger partial charge in [-0.1, -0.05) is 13.8 Å². The second kappa shape index (κ2) is 8.06. The predicted molar refractivity (Wildman–Crippen MR) is 99.4 cm³/mol. The SMILES string of the molecule is CC1CC(C)CN(CCCCNS(=O)(=O)c2ccc3c(c2)CCO3)C1. The van der Waals surface area contributed by atoms with E-state index in [1.807, 2.05) is 0 Å². The fourth-order valence-corrected chi connectivity index (χ4v) is 5.18. The van der Waals surface area contributed by atoms with Crippen molar-refractivity contribution in [2.24, 2.45) is 11.8 Å². The summed E-state index contributed by atoms with van der Waals surface area (Å²) in [5.74, 6) is 2.35. The van der Waals surface area contributed by atoms with Gasteiger partial charge in [0.25, 0.3) is 0 Å². The highest BCUT2D eigenvalue weighted by atomic mass is 32.2. The summed E-state index contributed by atoms with van der Waals surface area (Å²) in [6.07, 6.45) is 4.00. The second-order valence-corrected chi connectivity index (χ2v) is 9.45. The zero-order valence-corrected chi connectivity index (χ0v) is 16.1. The Hall–Kier alpha value is -1.11. The molecule has 0 amide bonds. The first-order valence-electron chi connectivity index (χ1n) is 9.42. The Morgan fingerprint density at radius 1 is 1.20 bits per heavy atom. The number of rotatable bonds is 7. The van der Waals surface area contributed by atoms with Crippen molar-refractivity contribution in [2.45, 2.75) is 44.4 Å². The van der Waals surface area contributed by atoms with Gasteiger partial charge in [-0.05, 0) is 61.4 Å². The van der Waals surface area contributed by atoms with E-state index >= 15 is 0 Å². The summed E-state index contributed by atoms with van der Waals surface area (Å²) < 4.78 is 33.0. The van der Waals surface area contributed by atoms with Crippen LogP contribution in [0.15, 0.2) is 23.1 Å². The number of nitrogens with zero attached hydrogens (tertiary/aromatic N) is 1. The Morgan fingerprint density at radius 3 is 2.72 bits per heavy atom. The van der Waals surface area contributed by atoms with Crippen molar-refractivity contribution in [1.29, 1.82) is 0 Å². The molecule has 0 bridgehead atoms. The van der Waals surface area contributed by atoms with Gasteiger partial charge >= 0.3 is 0 Å². The molecule has 140 valence electrons. The van der Waals surface area contributed by atoms with Gasteiger partial charge in [-0.2, -0.15) is 0 Å². The molecule has 1 N–H and O–H groups in total. The number of piperidine rings is 1. The molecule has 0 aliphatic carbocycles. The number of nitrogens with one attached hydrogen (secondary N) is 1. The number of hydrogen-bond donors (Lipinski definition) is 1. The van der Waals surface area contributed by atoms with Crippen LogP contribution in [0.1, 0.15) is 38.7 Å². The fraction of sp³-hybridized carbons (Fsp3) is 0.684. The topological polar surface area (TPSA) is 58.6 Å². The second-order valence-electron chi connectivity index (χ2n) is 7.68. The van der Waals surface area contributed by atoms with Crippen molar-refractivity contribution in [1.82, 2.24) is 9.62 Å². The molecule has 1 saturated heterocycles. The first-order valence-corrected chi connectivity index (χ1v) is 10.9. The van der Waals surface area contributed by atoms with Crippen molar-refractivity contribution in [3.8, 4) is 5.75 Å². The van der Waals surface area contributed by atoms with Crippen LogP contribution in [0, 0.1) is 11.8 Å². The fourth-order valence-electron chi connectivity index (χ4n) is 4.05. The molecule has 0 saturated carbocycles. The monoisotopic (exact) mass is 366 g/mol. The molecule has 2 atom stereocenters. The minimum Gasteiger partial charge on any atom is -0.493 e. The quantitative estimate of drug-likeness (QED) is 0.754. The molecule has 6 heteroatoms. The molecular formula is C19H30N2O3S. The summed E-state index contributed by atoms with van der Waals surface area (Å²) >= 11 is 0. The summed E-state index contributed by atoms with van der Waals surface area (Å²) in [6, 6.07) is 5.12. The third-order valence-electron chi connectivity index (χ3n) is 5.11. The summed E-state index contributed by atoms with van der Waals surface area (Å²) in [4.78, 5) is 2.86. The smallest absolute Gasteiger partial charge is 0.240 e. The number of sulfonamides is 1. The van der Waals surface area contributed by atoms with Crippen molar-refractivity contribution < 1.29 is 13.2 Å². The van der Waals surface area contributed by atoms with Crippen LogP contribution in [-0.4, -0.2) is 46.1 Å². The summed E-state index contributed by atoms with van der Waals surface area (Å²) in [5, 5.41) is 0. The van der Waals surface area contributed by atoms with Crippen LogP contribution in [-0.2, 0) is 16.4 Å². The normalized spacial score (nSPS) is 24.1. The number of benzene rings is 1. The Morgan fingerprint density at radius 2 is 1.96 bits per heavy atom. The lowest BCUT2D eigenvalue weighted by Gasteiger charge is -2.34. The number of fused-ring (bicyclic) bond motifs is 1. The van der Waals surface area contributed by atoms with Gasteiger partial charge in [0.05, 0.1) is 11.5 Å². The van der Waals surface area contributed by atoms with Gasteiger partial charge in [-0.25, -0.2) is 13.1 Å². The van der Waals surface area contributed by atoms with Gasteiger partial charge < -0.3 is 9.64 Å². The molecule has 5 nitrogen and oxygen atoms in total. The Bertz CT molecular complexity index is 680. The van der Waals surface area contributed by atoms with E-state index in [9.17, 15) is 8.42 Å². The Kier molecular flexibility index (Phi) is 6.02. The van der Waals surface area contributed by atoms with Crippen molar-refractivity contribution in [3.63, 3.8) is 0 Å². The maximum Gasteiger partial charge on any atom is 0.240 e. The first kappa shape index (κ1) is 18.7. The van der Waals surface area contributed by atoms with Crippen LogP contribution in [0.2, 0.25) is 0 Å². The van der Waals surface area contributed by atoms with E-state index in [1.54, 1.807) is 18.2 Å². The largest absolute Gasteiger partial charge is 0.493 e. The molecule has 1 aromatic carbocycles. The molecule has 2 heterocycles. The highest BCUT2D eigenvalue weighted by Crippen LogP contribution is 2.27. The molecule has 25 heavy (non-hydrogen) atoms. The van der Waals surface area contributed by atoms with E-state index < -0.39 is 10.0 Å². The number of unbranched alkanes of at least 4 members (excludes halogenated alkanes) is 1. The van der Waals surface area contributed by atoms with Crippen LogP contribution in [0.3, 0.4) is 0 Å². The van der Waals surface area contributed by atoms with E-state index in [0.29, 0.717) is 18.0 Å². The van der Waals surface area contributed by atoms with Crippen LogP contribution < -0.4 is 9.46 Å². The zero-order chi connectivity index (χ0) is 17.9. The van der Waals surface area contributed by atoms with Gasteiger partial charge in [-0.15, -0.1) is 0 Å². The van der Waals surface area contributed by atoms with Gasteiger partial charge in [0, 0.05) is 26.1 Å². The van der Waals surface area contributed by atoms with Crippen molar-refractivity contribution >= 4 is 10.0 Å². The van der Waals surface area contributed by atoms with Gasteiger partial charge in [0.15, 0.2) is 0 Å². The molecule has 2 aliphatic rings. The highest BCUT2D eigenvalue weighted by Gasteiger charge is 2.21. The Balaban J connectivity index is 1.42. The van der Waals surface area contributed by atoms with Crippen LogP contribution in [0.5, 0.6) is 5.75 Å². The molecule has 3 rings (SSSR count). The van der Waals surface area contributed by atoms with Crippen molar-refractivity contribution in [3.05, 3.63) is 23.8 Å². The maximum absolute atomic E-state index is 12.4. The third kappa shape index (κ3) is 4.96. The standard InChI is InChI=1S/C19H30N2O3S/c1-15-11-16(2)14-21(13-15)9-4-3-8-20-25(22,23)18-5-6-19-17(12-18)7-10-24-19/h5-6,12,15-16,20H,3-4,7-11,13-14H2,1-2H3. The maximum atomic E-state index is 12.4. The summed E-state index contributed by atoms with van der Waals surface area (Å²) in [5.41, 5.74) is 0.983. The molecule has 1 fully saturated rings. The zero-order valence-electron chi connectivity index (χ0n) is 15.3. The molecule has 2 aliphatic heterocycles. The van der Waals surface area contributed by atoms with Crippen LogP contribution >= 0.6 is 0 Å². The Labute approximate surface area is 151 Å². The van der Waals surface area contributed by atoms with E-state index in [0.717, 1.165) is 49.0 Å². The molecule has 0 radical (unpaired) electrons. The lowest BCUT2D eigenvalue weighted by molar-refractivity contribution is 0.139. The van der Waals surface area contributed by atoms with Gasteiger partial charge in [-0.3, -0.25) is 0 Å². The molecule has 0 spiro atoms. The van der Waals surface area contributed by atoms with E-state index in [4.69, 9.17) is 4.74 Å². The number of likely N-dealkylation sites (tertiary alicyclic amines) is 1. The third-order valence-corrected chi connectivity index (χ3v) is 6.57. The van der Waals surface area contributed by atoms with E-state index in [2.05, 4.69) is 23.5 Å². The van der Waals surface area contributed by atoms with E-state index in [1.165, 1.54) is 19.5 Å². The average molecular weight is 367 g/mol. The average Bonchev–Trinajstić information content (AvgIpc) is 3.01. The minimum absolute atomic E-state index is 0.343. The summed E-state index contributed by atoms with van der Waals surface area (Å²) in [6.45, 7) is 9.18. The molecule has 0 aromatic heterocycles. The molecule has 1 aromatic rings. The first-order chi connectivity index (χ1) is 11.9. The molecule has 2 unspecified atom stereocenters. The predicted octanol–water partition coefficient (Wildman–Crippen LogP) is 2.66. The highest BCUT2D eigenvalue weighted by molar-refractivity contribution is 7.89. The van der Waals surface area contributed by atoms with Crippen molar-refractivity contribution in [2.75, 3.05) is 32.8 Å². The van der Waals surface area contributed by atoms with Gasteiger partial charge in [0.2, 0.25) is 10.0 Å². The van der Waals surface area contributed by atoms with Crippen LogP contribution in [0.25, 0.3) is 0 Å². The summed E-state index contributed by atoms with van der Waals surface area (Å²) in [7, 11) is -3.42. The van der Waals surface area contributed by atoms with Gasteiger partial charge in [0.1, 0.15) is 5.75 Å². The number of ether oxygens (including phenoxy) is 1. The van der Waals surface area contributed by atoms with Crippen LogP contribution in [0.4, 0.5) is 0 Å². The lowest BCUT2D eigenvalue weighted by atomic mass is 9.92. The van der Waals surface area contributed by atoms with E-state index in [-0.39, 0.29) is 0 Å². The number of hydrogen-bond acceptors (Lipinski definition) is 4. The molecular weight excluding hydrogens is 336 g/mol. The lowest BCUT2D eigenvalue weighted by Crippen LogP contribution is -2.39. The minimum atomic E-state index is -3.42.